The molecule has 6 nitrogen and oxygen atoms in total. The molecule has 0 unspecified atom stereocenters. The number of carbonyl (C=O) groups excluding carboxylic acids is 1. The summed E-state index contributed by atoms with van der Waals surface area (Å²) in [6.07, 6.45) is 1.72. The van der Waals surface area contributed by atoms with E-state index in [1.54, 1.807) is 40.9 Å². The lowest BCUT2D eigenvalue weighted by Gasteiger charge is -2.43. The quantitative estimate of drug-likeness (QED) is 0.787. The first-order valence-corrected chi connectivity index (χ1v) is 6.38. The smallest absolute Gasteiger partial charge is 0.274 e. The number of aromatic nitrogens is 2. The average molecular weight is 272 g/mol. The van der Waals surface area contributed by atoms with Gasteiger partial charge in [-0.15, -0.1) is 0 Å². The molecule has 2 heterocycles. The lowest BCUT2D eigenvalue weighted by molar-refractivity contribution is -0.0670. The van der Waals surface area contributed by atoms with E-state index in [1.165, 1.54) is 0 Å². The number of aliphatic hydroxyl groups is 1. The van der Waals surface area contributed by atoms with Crippen molar-refractivity contribution in [2.45, 2.75) is 12.5 Å². The molecule has 1 aliphatic rings. The molecule has 20 heavy (non-hydrogen) atoms. The van der Waals surface area contributed by atoms with E-state index in [1.807, 2.05) is 12.1 Å². The van der Waals surface area contributed by atoms with Crippen molar-refractivity contribution < 1.29 is 9.90 Å². The Hall–Kier alpha value is -2.34. The highest BCUT2D eigenvalue weighted by Gasteiger charge is 2.40. The third-order valence-electron chi connectivity index (χ3n) is 3.29. The van der Waals surface area contributed by atoms with E-state index >= 15 is 0 Å². The lowest BCUT2D eigenvalue weighted by atomic mass is 9.97. The summed E-state index contributed by atoms with van der Waals surface area (Å²) in [5.74, 6) is -0.167. The zero-order valence-corrected chi connectivity index (χ0v) is 11.2. The van der Waals surface area contributed by atoms with Crippen molar-refractivity contribution in [3.8, 4) is 5.69 Å². The standard InChI is InChI=1S/C14H16N4O2/c1-14(20)8-17(9-14)13(19)12-5-6-18(16-12)11-4-2-3-10(15)7-11/h2-7,20H,8-9,15H2,1H3. The van der Waals surface area contributed by atoms with Crippen LogP contribution in [0.15, 0.2) is 36.5 Å². The molecule has 6 heteroatoms. The Balaban J connectivity index is 1.79. The Kier molecular flexibility index (Phi) is 2.76. The zero-order chi connectivity index (χ0) is 14.3. The molecule has 3 N–H and O–H groups in total. The molecule has 0 saturated carbocycles. The first-order chi connectivity index (χ1) is 9.44. The zero-order valence-electron chi connectivity index (χ0n) is 11.2. The van der Waals surface area contributed by atoms with Crippen LogP contribution in [0.4, 0.5) is 5.69 Å². The van der Waals surface area contributed by atoms with Crippen LogP contribution in [0.25, 0.3) is 5.69 Å². The Bertz CT molecular complexity index is 655. The van der Waals surface area contributed by atoms with Crippen LogP contribution in [0.3, 0.4) is 0 Å². The maximum absolute atomic E-state index is 12.1. The third-order valence-corrected chi connectivity index (χ3v) is 3.29. The monoisotopic (exact) mass is 272 g/mol. The Morgan fingerprint density at radius 2 is 2.15 bits per heavy atom. The van der Waals surface area contributed by atoms with Gasteiger partial charge in [-0.2, -0.15) is 5.10 Å². The van der Waals surface area contributed by atoms with Gasteiger partial charge in [0.05, 0.1) is 24.4 Å². The summed E-state index contributed by atoms with van der Waals surface area (Å²) < 4.78 is 1.61. The average Bonchev–Trinajstić information content (AvgIpc) is 2.84. The number of anilines is 1. The van der Waals surface area contributed by atoms with Gasteiger partial charge in [0.15, 0.2) is 5.69 Å². The first-order valence-electron chi connectivity index (χ1n) is 6.38. The molecule has 3 rings (SSSR count). The van der Waals surface area contributed by atoms with Crippen LogP contribution in [-0.2, 0) is 0 Å². The van der Waals surface area contributed by atoms with Gasteiger partial charge in [0.25, 0.3) is 5.91 Å². The van der Waals surface area contributed by atoms with Crippen LogP contribution in [0, 0.1) is 0 Å². The van der Waals surface area contributed by atoms with E-state index < -0.39 is 5.60 Å². The van der Waals surface area contributed by atoms with Gasteiger partial charge in [-0.1, -0.05) is 6.07 Å². The van der Waals surface area contributed by atoms with Gasteiger partial charge in [0, 0.05) is 11.9 Å². The number of likely N-dealkylation sites (tertiary alicyclic amines) is 1. The van der Waals surface area contributed by atoms with E-state index in [0.29, 0.717) is 24.5 Å². The third kappa shape index (κ3) is 2.25. The fourth-order valence-electron chi connectivity index (χ4n) is 2.33. The van der Waals surface area contributed by atoms with Crippen molar-refractivity contribution >= 4 is 11.6 Å². The van der Waals surface area contributed by atoms with Gasteiger partial charge in [-0.05, 0) is 31.2 Å². The molecule has 0 aliphatic carbocycles. The minimum absolute atomic E-state index is 0.167. The number of carbonyl (C=O) groups is 1. The highest BCUT2D eigenvalue weighted by Crippen LogP contribution is 2.22. The molecule has 0 atom stereocenters. The van der Waals surface area contributed by atoms with E-state index in [9.17, 15) is 9.90 Å². The molecular formula is C14H16N4O2. The SMILES string of the molecule is CC1(O)CN(C(=O)c2ccn(-c3cccc(N)c3)n2)C1. The highest BCUT2D eigenvalue weighted by molar-refractivity contribution is 5.93. The number of nitrogens with zero attached hydrogens (tertiary/aromatic N) is 3. The van der Waals surface area contributed by atoms with E-state index in [2.05, 4.69) is 5.10 Å². The van der Waals surface area contributed by atoms with E-state index in [-0.39, 0.29) is 5.91 Å². The number of rotatable bonds is 2. The molecule has 1 saturated heterocycles. The minimum Gasteiger partial charge on any atom is -0.399 e. The molecule has 1 amide bonds. The van der Waals surface area contributed by atoms with Crippen molar-refractivity contribution in [2.75, 3.05) is 18.8 Å². The van der Waals surface area contributed by atoms with Crippen LogP contribution in [0.2, 0.25) is 0 Å². The van der Waals surface area contributed by atoms with E-state index in [0.717, 1.165) is 5.69 Å². The fourth-order valence-corrected chi connectivity index (χ4v) is 2.33. The number of hydrogen-bond acceptors (Lipinski definition) is 4. The molecule has 0 spiro atoms. The molecule has 1 aliphatic heterocycles. The maximum atomic E-state index is 12.1. The molecule has 104 valence electrons. The Morgan fingerprint density at radius 1 is 1.40 bits per heavy atom. The summed E-state index contributed by atoms with van der Waals surface area (Å²) in [5, 5.41) is 13.9. The number of hydrogen-bond donors (Lipinski definition) is 2. The van der Waals surface area contributed by atoms with Crippen molar-refractivity contribution in [2.24, 2.45) is 0 Å². The fraction of sp³-hybridized carbons (Fsp3) is 0.286. The number of benzene rings is 1. The predicted octanol–water partition coefficient (Wildman–Crippen LogP) is 0.661. The van der Waals surface area contributed by atoms with Gasteiger partial charge in [0.2, 0.25) is 0 Å². The second-order valence-corrected chi connectivity index (χ2v) is 5.40. The number of nitrogens with two attached hydrogens (primary N) is 1. The molecule has 0 bridgehead atoms. The summed E-state index contributed by atoms with van der Waals surface area (Å²) in [6, 6.07) is 8.95. The summed E-state index contributed by atoms with van der Waals surface area (Å²) in [7, 11) is 0. The predicted molar refractivity (Wildman–Crippen MR) is 74.5 cm³/mol. The molecule has 2 aromatic rings. The molecule has 1 fully saturated rings. The minimum atomic E-state index is -0.772. The molecule has 0 radical (unpaired) electrons. The van der Waals surface area contributed by atoms with Crippen LogP contribution < -0.4 is 5.73 Å². The lowest BCUT2D eigenvalue weighted by Crippen LogP contribution is -2.61. The topological polar surface area (TPSA) is 84.4 Å². The summed E-state index contributed by atoms with van der Waals surface area (Å²) in [6.45, 7) is 2.40. The largest absolute Gasteiger partial charge is 0.399 e. The number of nitrogen functional groups attached to an aromatic ring is 1. The van der Waals surface area contributed by atoms with Crippen LogP contribution >= 0.6 is 0 Å². The molecule has 1 aromatic heterocycles. The normalized spacial score (nSPS) is 16.8. The summed E-state index contributed by atoms with van der Waals surface area (Å²) in [5.41, 5.74) is 6.77. The van der Waals surface area contributed by atoms with Crippen LogP contribution in [-0.4, -0.2) is 44.4 Å². The van der Waals surface area contributed by atoms with Crippen LogP contribution in [0.1, 0.15) is 17.4 Å². The Labute approximate surface area is 116 Å². The van der Waals surface area contributed by atoms with Gasteiger partial charge >= 0.3 is 0 Å². The van der Waals surface area contributed by atoms with Gasteiger partial charge < -0.3 is 15.7 Å². The van der Waals surface area contributed by atoms with Gasteiger partial charge in [-0.25, -0.2) is 4.68 Å². The maximum Gasteiger partial charge on any atom is 0.274 e. The Morgan fingerprint density at radius 3 is 2.80 bits per heavy atom. The first kappa shape index (κ1) is 12.7. The van der Waals surface area contributed by atoms with Crippen molar-refractivity contribution in [1.29, 1.82) is 0 Å². The van der Waals surface area contributed by atoms with E-state index in [4.69, 9.17) is 5.73 Å². The number of β-amino-alcohol motifs (C(OH)–C–C–N with tert-alkyl or cyclic N) is 1. The molecular weight excluding hydrogens is 256 g/mol. The second kappa shape index (κ2) is 4.35. The van der Waals surface area contributed by atoms with Crippen molar-refractivity contribution in [1.82, 2.24) is 14.7 Å². The van der Waals surface area contributed by atoms with Gasteiger partial charge in [0.1, 0.15) is 0 Å². The molecule has 1 aromatic carbocycles. The van der Waals surface area contributed by atoms with Crippen LogP contribution in [0.5, 0.6) is 0 Å². The summed E-state index contributed by atoms with van der Waals surface area (Å²) >= 11 is 0. The van der Waals surface area contributed by atoms with Crippen molar-refractivity contribution in [3.05, 3.63) is 42.2 Å². The van der Waals surface area contributed by atoms with Crippen molar-refractivity contribution in [3.63, 3.8) is 0 Å². The van der Waals surface area contributed by atoms with Gasteiger partial charge in [-0.3, -0.25) is 4.79 Å². The highest BCUT2D eigenvalue weighted by atomic mass is 16.3. The second-order valence-electron chi connectivity index (χ2n) is 5.40. The number of amides is 1. The summed E-state index contributed by atoms with van der Waals surface area (Å²) in [4.78, 5) is 13.7.